The molecule has 0 unspecified atom stereocenters. The van der Waals surface area contributed by atoms with Gasteiger partial charge in [-0.15, -0.1) is 0 Å². The second-order valence-corrected chi connectivity index (χ2v) is 4.51. The minimum Gasteiger partial charge on any atom is -0.464 e. The molecule has 0 spiro atoms. The Balaban J connectivity index is 2.17. The first-order valence-electron chi connectivity index (χ1n) is 5.18. The number of rotatable bonds is 2. The first kappa shape index (κ1) is 10.4. The summed E-state index contributed by atoms with van der Waals surface area (Å²) in [7, 11) is 0. The molecule has 0 N–H and O–H groups in total. The van der Waals surface area contributed by atoms with Crippen molar-refractivity contribution >= 4 is 15.9 Å². The summed E-state index contributed by atoms with van der Waals surface area (Å²) in [5, 5.41) is 4.28. The summed E-state index contributed by atoms with van der Waals surface area (Å²) in [6.45, 7) is 0. The van der Waals surface area contributed by atoms with E-state index in [1.165, 1.54) is 0 Å². The van der Waals surface area contributed by atoms with Gasteiger partial charge in [-0.3, -0.25) is 0 Å². The monoisotopic (exact) mass is 288 g/mol. The maximum Gasteiger partial charge on any atom is 0.136 e. The van der Waals surface area contributed by atoms with Crippen LogP contribution >= 0.6 is 15.9 Å². The van der Waals surface area contributed by atoms with E-state index in [0.29, 0.717) is 0 Å². The average Bonchev–Trinajstić information content (AvgIpc) is 3.00. The van der Waals surface area contributed by atoms with Crippen molar-refractivity contribution in [3.63, 3.8) is 0 Å². The third-order valence-electron chi connectivity index (χ3n) is 2.49. The lowest BCUT2D eigenvalue weighted by atomic mass is 10.1. The van der Waals surface area contributed by atoms with E-state index in [0.717, 1.165) is 21.5 Å². The van der Waals surface area contributed by atoms with Crippen molar-refractivity contribution < 1.29 is 4.42 Å². The van der Waals surface area contributed by atoms with E-state index in [2.05, 4.69) is 21.0 Å². The van der Waals surface area contributed by atoms with E-state index < -0.39 is 0 Å². The Hall–Kier alpha value is -1.81. The zero-order valence-corrected chi connectivity index (χ0v) is 10.5. The van der Waals surface area contributed by atoms with Crippen molar-refractivity contribution in [2.24, 2.45) is 0 Å². The van der Waals surface area contributed by atoms with Gasteiger partial charge in [0, 0.05) is 11.8 Å². The standard InChI is InChI=1S/C13H9BrN2O/c14-10-8-15-16(9-10)12-5-2-1-4-11(12)13-6-3-7-17-13/h1-9H. The number of benzene rings is 1. The van der Waals surface area contributed by atoms with Gasteiger partial charge in [0.05, 0.1) is 22.6 Å². The van der Waals surface area contributed by atoms with Gasteiger partial charge in [0.2, 0.25) is 0 Å². The van der Waals surface area contributed by atoms with Crippen LogP contribution in [0.15, 0.2) is 63.9 Å². The summed E-state index contributed by atoms with van der Waals surface area (Å²) in [5.41, 5.74) is 2.02. The summed E-state index contributed by atoms with van der Waals surface area (Å²) in [6.07, 6.45) is 5.35. The fraction of sp³-hybridized carbons (Fsp3) is 0. The average molecular weight is 289 g/mol. The molecule has 17 heavy (non-hydrogen) atoms. The van der Waals surface area contributed by atoms with Crippen LogP contribution in [0.3, 0.4) is 0 Å². The molecule has 0 aliphatic heterocycles. The molecular formula is C13H9BrN2O. The lowest BCUT2D eigenvalue weighted by molar-refractivity contribution is 0.581. The molecule has 0 amide bonds. The van der Waals surface area contributed by atoms with Gasteiger partial charge in [-0.25, -0.2) is 4.68 Å². The van der Waals surface area contributed by atoms with Crippen molar-refractivity contribution in [3.8, 4) is 17.0 Å². The molecule has 2 aromatic heterocycles. The van der Waals surface area contributed by atoms with E-state index >= 15 is 0 Å². The predicted octanol–water partition coefficient (Wildman–Crippen LogP) is 3.89. The molecule has 0 saturated heterocycles. The van der Waals surface area contributed by atoms with Gasteiger partial charge in [0.25, 0.3) is 0 Å². The molecule has 0 saturated carbocycles. The van der Waals surface area contributed by atoms with E-state index in [4.69, 9.17) is 4.42 Å². The van der Waals surface area contributed by atoms with Crippen LogP contribution in [0.25, 0.3) is 17.0 Å². The number of hydrogen-bond donors (Lipinski definition) is 0. The Kier molecular flexibility index (Phi) is 2.57. The molecule has 4 heteroatoms. The lowest BCUT2D eigenvalue weighted by Crippen LogP contribution is -1.96. The quantitative estimate of drug-likeness (QED) is 0.716. The highest BCUT2D eigenvalue weighted by Crippen LogP contribution is 2.27. The Labute approximate surface area is 107 Å². The lowest BCUT2D eigenvalue weighted by Gasteiger charge is -2.06. The van der Waals surface area contributed by atoms with Crippen molar-refractivity contribution in [1.29, 1.82) is 0 Å². The smallest absolute Gasteiger partial charge is 0.136 e. The van der Waals surface area contributed by atoms with Crippen LogP contribution in [0.5, 0.6) is 0 Å². The maximum absolute atomic E-state index is 5.44. The van der Waals surface area contributed by atoms with Crippen LogP contribution in [-0.4, -0.2) is 9.78 Å². The maximum atomic E-state index is 5.44. The normalized spacial score (nSPS) is 10.6. The Morgan fingerprint density at radius 2 is 2.00 bits per heavy atom. The van der Waals surface area contributed by atoms with Crippen molar-refractivity contribution in [2.45, 2.75) is 0 Å². The molecule has 0 bridgehead atoms. The van der Waals surface area contributed by atoms with Crippen LogP contribution in [-0.2, 0) is 0 Å². The Morgan fingerprint density at radius 3 is 2.71 bits per heavy atom. The van der Waals surface area contributed by atoms with Crippen LogP contribution in [0, 0.1) is 0 Å². The van der Waals surface area contributed by atoms with E-state index in [-0.39, 0.29) is 0 Å². The second kappa shape index (κ2) is 4.22. The van der Waals surface area contributed by atoms with Gasteiger partial charge in [-0.1, -0.05) is 12.1 Å². The minimum absolute atomic E-state index is 0.840. The minimum atomic E-state index is 0.840. The number of hydrogen-bond acceptors (Lipinski definition) is 2. The number of aromatic nitrogens is 2. The third kappa shape index (κ3) is 1.91. The molecule has 3 rings (SSSR count). The predicted molar refractivity (Wildman–Crippen MR) is 69.0 cm³/mol. The highest BCUT2D eigenvalue weighted by molar-refractivity contribution is 9.10. The largest absolute Gasteiger partial charge is 0.464 e. The first-order valence-corrected chi connectivity index (χ1v) is 5.97. The molecule has 1 aromatic carbocycles. The first-order chi connectivity index (χ1) is 8.34. The van der Waals surface area contributed by atoms with Crippen molar-refractivity contribution in [3.05, 3.63) is 59.5 Å². The highest BCUT2D eigenvalue weighted by Gasteiger charge is 2.09. The van der Waals surface area contributed by atoms with Crippen LogP contribution in [0.1, 0.15) is 0 Å². The summed E-state index contributed by atoms with van der Waals surface area (Å²) >= 11 is 3.40. The van der Waals surface area contributed by atoms with Gasteiger partial charge in [-0.2, -0.15) is 5.10 Å². The van der Waals surface area contributed by atoms with Crippen LogP contribution in [0.2, 0.25) is 0 Å². The summed E-state index contributed by atoms with van der Waals surface area (Å²) in [4.78, 5) is 0. The molecule has 0 aliphatic carbocycles. The van der Waals surface area contributed by atoms with Gasteiger partial charge in [0.1, 0.15) is 5.76 Å². The fourth-order valence-corrected chi connectivity index (χ4v) is 2.03. The summed E-state index contributed by atoms with van der Waals surface area (Å²) in [5.74, 6) is 0.840. The SMILES string of the molecule is Brc1cnn(-c2ccccc2-c2ccco2)c1. The number of furan rings is 1. The Morgan fingerprint density at radius 1 is 1.12 bits per heavy atom. The van der Waals surface area contributed by atoms with Crippen molar-refractivity contribution in [1.82, 2.24) is 9.78 Å². The molecule has 0 fully saturated rings. The molecule has 3 nitrogen and oxygen atoms in total. The van der Waals surface area contributed by atoms with Gasteiger partial charge >= 0.3 is 0 Å². The van der Waals surface area contributed by atoms with Crippen LogP contribution in [0.4, 0.5) is 0 Å². The van der Waals surface area contributed by atoms with Crippen LogP contribution < -0.4 is 0 Å². The molecule has 2 heterocycles. The van der Waals surface area contributed by atoms with E-state index in [9.17, 15) is 0 Å². The van der Waals surface area contributed by atoms with Gasteiger partial charge in [0.15, 0.2) is 0 Å². The fourth-order valence-electron chi connectivity index (χ4n) is 1.75. The molecular weight excluding hydrogens is 280 g/mol. The second-order valence-electron chi connectivity index (χ2n) is 3.60. The number of para-hydroxylation sites is 1. The topological polar surface area (TPSA) is 31.0 Å². The van der Waals surface area contributed by atoms with Crippen molar-refractivity contribution in [2.75, 3.05) is 0 Å². The van der Waals surface area contributed by atoms with Gasteiger partial charge in [-0.05, 0) is 40.2 Å². The molecule has 0 atom stereocenters. The van der Waals surface area contributed by atoms with E-state index in [1.807, 2.05) is 47.3 Å². The van der Waals surface area contributed by atoms with E-state index in [1.54, 1.807) is 12.5 Å². The highest BCUT2D eigenvalue weighted by atomic mass is 79.9. The molecule has 3 aromatic rings. The summed E-state index contributed by atoms with van der Waals surface area (Å²) in [6, 6.07) is 11.8. The summed E-state index contributed by atoms with van der Waals surface area (Å²) < 4.78 is 8.21. The number of nitrogens with zero attached hydrogens (tertiary/aromatic N) is 2. The zero-order chi connectivity index (χ0) is 11.7. The molecule has 0 aliphatic rings. The van der Waals surface area contributed by atoms with Gasteiger partial charge < -0.3 is 4.42 Å². The third-order valence-corrected chi connectivity index (χ3v) is 2.90. The Bertz CT molecular complexity index is 628. The molecule has 0 radical (unpaired) electrons. The zero-order valence-electron chi connectivity index (χ0n) is 8.88. The number of halogens is 1. The molecule has 84 valence electrons.